The molecule has 1 aliphatic rings. The lowest BCUT2D eigenvalue weighted by Gasteiger charge is -2.24. The minimum atomic E-state index is 0. The molecule has 0 saturated carbocycles. The van der Waals surface area contributed by atoms with E-state index in [-0.39, 0.29) is 12.4 Å². The highest BCUT2D eigenvalue weighted by Crippen LogP contribution is 2.19. The first kappa shape index (κ1) is 17.8. The van der Waals surface area contributed by atoms with Gasteiger partial charge in [0.2, 0.25) is 0 Å². The number of rotatable bonds is 4. The van der Waals surface area contributed by atoms with Crippen molar-refractivity contribution in [3.63, 3.8) is 0 Å². The van der Waals surface area contributed by atoms with Gasteiger partial charge in [-0.3, -0.25) is 4.90 Å². The van der Waals surface area contributed by atoms with Crippen LogP contribution in [-0.2, 0) is 4.74 Å². The molecule has 0 N–H and O–H groups in total. The first-order valence-corrected chi connectivity index (χ1v) is 7.24. The van der Waals surface area contributed by atoms with E-state index >= 15 is 0 Å². The average molecular weight is 310 g/mol. The summed E-state index contributed by atoms with van der Waals surface area (Å²) in [6, 6.07) is 8.23. The first-order chi connectivity index (χ1) is 9.75. The van der Waals surface area contributed by atoms with Crippen LogP contribution in [0.2, 0.25) is 0 Å². The SMILES string of the molecule is CC(C)c1cccc(OCC#CCN2CCOCC2)c1.Cl. The summed E-state index contributed by atoms with van der Waals surface area (Å²) < 4.78 is 11.0. The van der Waals surface area contributed by atoms with Gasteiger partial charge in [0, 0.05) is 13.1 Å². The summed E-state index contributed by atoms with van der Waals surface area (Å²) in [6.45, 7) is 9.21. The Morgan fingerprint density at radius 3 is 2.71 bits per heavy atom. The van der Waals surface area contributed by atoms with Crippen molar-refractivity contribution in [3.8, 4) is 17.6 Å². The second-order valence-corrected chi connectivity index (χ2v) is 5.26. The van der Waals surface area contributed by atoms with Gasteiger partial charge in [0.05, 0.1) is 19.8 Å². The Hall–Kier alpha value is -1.21. The van der Waals surface area contributed by atoms with Crippen LogP contribution in [0.4, 0.5) is 0 Å². The molecule has 3 nitrogen and oxygen atoms in total. The molecule has 1 aromatic rings. The zero-order chi connectivity index (χ0) is 14.2. The van der Waals surface area contributed by atoms with Crippen molar-refractivity contribution in [2.24, 2.45) is 0 Å². The third kappa shape index (κ3) is 6.39. The molecule has 0 radical (unpaired) electrons. The number of nitrogens with zero attached hydrogens (tertiary/aromatic N) is 1. The van der Waals surface area contributed by atoms with Crippen LogP contribution >= 0.6 is 12.4 Å². The van der Waals surface area contributed by atoms with E-state index in [4.69, 9.17) is 9.47 Å². The summed E-state index contributed by atoms with van der Waals surface area (Å²) >= 11 is 0. The fourth-order valence-electron chi connectivity index (χ4n) is 2.06. The minimum Gasteiger partial charge on any atom is -0.481 e. The van der Waals surface area contributed by atoms with Gasteiger partial charge in [-0.25, -0.2) is 0 Å². The van der Waals surface area contributed by atoms with Crippen LogP contribution in [-0.4, -0.2) is 44.4 Å². The molecular formula is C17H24ClNO2. The lowest BCUT2D eigenvalue weighted by Crippen LogP contribution is -2.36. The summed E-state index contributed by atoms with van der Waals surface area (Å²) in [6.07, 6.45) is 0. The van der Waals surface area contributed by atoms with E-state index in [9.17, 15) is 0 Å². The van der Waals surface area contributed by atoms with Crippen LogP contribution in [0.15, 0.2) is 24.3 Å². The Labute approximate surface area is 134 Å². The van der Waals surface area contributed by atoms with E-state index in [1.165, 1.54) is 5.56 Å². The van der Waals surface area contributed by atoms with Gasteiger partial charge < -0.3 is 9.47 Å². The molecular weight excluding hydrogens is 286 g/mol. The zero-order valence-corrected chi connectivity index (χ0v) is 13.6. The molecule has 1 heterocycles. The highest BCUT2D eigenvalue weighted by molar-refractivity contribution is 5.85. The summed E-state index contributed by atoms with van der Waals surface area (Å²) in [7, 11) is 0. The molecule has 0 aromatic heterocycles. The van der Waals surface area contributed by atoms with Gasteiger partial charge in [0.1, 0.15) is 12.4 Å². The van der Waals surface area contributed by atoms with Gasteiger partial charge >= 0.3 is 0 Å². The molecule has 0 aliphatic carbocycles. The molecule has 4 heteroatoms. The summed E-state index contributed by atoms with van der Waals surface area (Å²) in [5, 5.41) is 0. The van der Waals surface area contributed by atoms with Gasteiger partial charge in [0.15, 0.2) is 0 Å². The predicted molar refractivity (Wildman–Crippen MR) is 88.3 cm³/mol. The van der Waals surface area contributed by atoms with Crippen LogP contribution in [0, 0.1) is 11.8 Å². The predicted octanol–water partition coefficient (Wildman–Crippen LogP) is 2.95. The number of hydrogen-bond donors (Lipinski definition) is 0. The highest BCUT2D eigenvalue weighted by Gasteiger charge is 2.07. The number of hydrogen-bond acceptors (Lipinski definition) is 3. The second-order valence-electron chi connectivity index (χ2n) is 5.26. The fraction of sp³-hybridized carbons (Fsp3) is 0.529. The Balaban J connectivity index is 0.00000220. The molecule has 2 rings (SSSR count). The van der Waals surface area contributed by atoms with E-state index in [1.54, 1.807) is 0 Å². The Bertz CT molecular complexity index is 473. The summed E-state index contributed by atoms with van der Waals surface area (Å²) in [5.74, 6) is 7.65. The zero-order valence-electron chi connectivity index (χ0n) is 12.8. The normalized spacial score (nSPS) is 15.0. The van der Waals surface area contributed by atoms with Crippen molar-refractivity contribution < 1.29 is 9.47 Å². The monoisotopic (exact) mass is 309 g/mol. The van der Waals surface area contributed by atoms with E-state index < -0.39 is 0 Å². The minimum absolute atomic E-state index is 0. The second kappa shape index (κ2) is 9.68. The molecule has 1 aromatic carbocycles. The lowest BCUT2D eigenvalue weighted by atomic mass is 10.0. The molecule has 21 heavy (non-hydrogen) atoms. The van der Waals surface area contributed by atoms with E-state index in [0.717, 1.165) is 38.6 Å². The Morgan fingerprint density at radius 2 is 2.00 bits per heavy atom. The van der Waals surface area contributed by atoms with Gasteiger partial charge in [-0.05, 0) is 23.6 Å². The molecule has 0 spiro atoms. The highest BCUT2D eigenvalue weighted by atomic mass is 35.5. The van der Waals surface area contributed by atoms with Crippen molar-refractivity contribution >= 4 is 12.4 Å². The molecule has 116 valence electrons. The van der Waals surface area contributed by atoms with Crippen molar-refractivity contribution in [2.45, 2.75) is 19.8 Å². The third-order valence-electron chi connectivity index (χ3n) is 3.37. The van der Waals surface area contributed by atoms with Crippen LogP contribution < -0.4 is 4.74 Å². The average Bonchev–Trinajstić information content (AvgIpc) is 2.48. The van der Waals surface area contributed by atoms with Gasteiger partial charge in [0.25, 0.3) is 0 Å². The quantitative estimate of drug-likeness (QED) is 0.798. The molecule has 1 saturated heterocycles. The molecule has 0 bridgehead atoms. The van der Waals surface area contributed by atoms with Crippen LogP contribution in [0.3, 0.4) is 0 Å². The third-order valence-corrected chi connectivity index (χ3v) is 3.37. The number of benzene rings is 1. The lowest BCUT2D eigenvalue weighted by molar-refractivity contribution is 0.0443. The molecule has 1 aliphatic heterocycles. The van der Waals surface area contributed by atoms with Crippen molar-refractivity contribution in [3.05, 3.63) is 29.8 Å². The Morgan fingerprint density at radius 1 is 1.24 bits per heavy atom. The smallest absolute Gasteiger partial charge is 0.149 e. The van der Waals surface area contributed by atoms with Crippen molar-refractivity contribution in [1.29, 1.82) is 0 Å². The number of halogens is 1. The fourth-order valence-corrected chi connectivity index (χ4v) is 2.06. The maximum absolute atomic E-state index is 5.67. The van der Waals surface area contributed by atoms with Crippen LogP contribution in [0.5, 0.6) is 5.75 Å². The van der Waals surface area contributed by atoms with Crippen molar-refractivity contribution in [1.82, 2.24) is 4.90 Å². The Kier molecular flexibility index (Phi) is 8.22. The molecule has 0 atom stereocenters. The number of ether oxygens (including phenoxy) is 2. The molecule has 0 amide bonds. The standard InChI is InChI=1S/C17H23NO2.ClH/c1-15(2)16-6-5-7-17(14-16)20-11-4-3-8-18-9-12-19-13-10-18;/h5-7,14-15H,8-13H2,1-2H3;1H. The van der Waals surface area contributed by atoms with Gasteiger partial charge in [-0.2, -0.15) is 0 Å². The van der Waals surface area contributed by atoms with Crippen molar-refractivity contribution in [2.75, 3.05) is 39.5 Å². The molecule has 1 fully saturated rings. The van der Waals surface area contributed by atoms with Gasteiger partial charge in [-0.15, -0.1) is 12.4 Å². The summed E-state index contributed by atoms with van der Waals surface area (Å²) in [4.78, 5) is 2.30. The van der Waals surface area contributed by atoms with Crippen LogP contribution in [0.25, 0.3) is 0 Å². The first-order valence-electron chi connectivity index (χ1n) is 7.24. The largest absolute Gasteiger partial charge is 0.481 e. The van der Waals surface area contributed by atoms with Gasteiger partial charge in [-0.1, -0.05) is 37.8 Å². The van der Waals surface area contributed by atoms with E-state index in [0.29, 0.717) is 12.5 Å². The topological polar surface area (TPSA) is 21.7 Å². The summed E-state index contributed by atoms with van der Waals surface area (Å²) in [5.41, 5.74) is 1.30. The number of morpholine rings is 1. The maximum Gasteiger partial charge on any atom is 0.149 e. The van der Waals surface area contributed by atoms with Crippen LogP contribution in [0.1, 0.15) is 25.3 Å². The molecule has 0 unspecified atom stereocenters. The van der Waals surface area contributed by atoms with E-state index in [1.807, 2.05) is 12.1 Å². The maximum atomic E-state index is 5.67. The van der Waals surface area contributed by atoms with E-state index in [2.05, 4.69) is 42.7 Å².